The van der Waals surface area contributed by atoms with Crippen LogP contribution in [0.5, 0.6) is 5.75 Å². The van der Waals surface area contributed by atoms with Gasteiger partial charge in [0.05, 0.1) is 11.9 Å². The number of aromatic nitrogens is 2. The van der Waals surface area contributed by atoms with Gasteiger partial charge in [-0.05, 0) is 24.6 Å². The highest BCUT2D eigenvalue weighted by Crippen LogP contribution is 2.32. The molecular formula is C10H10ClN3O3S. The summed E-state index contributed by atoms with van der Waals surface area (Å²) in [4.78, 5) is -0.0282. The maximum Gasteiger partial charge on any atom is 0.265 e. The molecule has 8 heteroatoms. The molecule has 1 aromatic heterocycles. The zero-order valence-corrected chi connectivity index (χ0v) is 10.9. The van der Waals surface area contributed by atoms with Crippen LogP contribution in [0.4, 0.5) is 5.69 Å². The number of hydrogen-bond acceptors (Lipinski definition) is 4. The number of nitrogens with zero attached hydrogens (tertiary/aromatic N) is 1. The van der Waals surface area contributed by atoms with Crippen LogP contribution in [-0.4, -0.2) is 23.7 Å². The van der Waals surface area contributed by atoms with Gasteiger partial charge in [-0.15, -0.1) is 0 Å². The number of hydrogen-bond donors (Lipinski definition) is 3. The molecule has 0 aliphatic rings. The molecule has 2 rings (SSSR count). The van der Waals surface area contributed by atoms with Crippen LogP contribution >= 0.6 is 11.6 Å². The Kier molecular flexibility index (Phi) is 3.18. The predicted octanol–water partition coefficient (Wildman–Crippen LogP) is 1.88. The van der Waals surface area contributed by atoms with Gasteiger partial charge in [-0.2, -0.15) is 5.10 Å². The maximum absolute atomic E-state index is 11.9. The van der Waals surface area contributed by atoms with Gasteiger partial charge in [0.1, 0.15) is 10.6 Å². The topological polar surface area (TPSA) is 95.1 Å². The summed E-state index contributed by atoms with van der Waals surface area (Å²) in [5, 5.41) is 16.1. The molecule has 6 nitrogen and oxygen atoms in total. The van der Waals surface area contributed by atoms with Crippen LogP contribution in [-0.2, 0) is 10.0 Å². The van der Waals surface area contributed by atoms with Gasteiger partial charge in [-0.25, -0.2) is 8.42 Å². The molecule has 0 aliphatic heterocycles. The number of rotatable bonds is 3. The number of phenolic OH excluding ortho intramolecular Hbond substituents is 1. The van der Waals surface area contributed by atoms with Crippen molar-refractivity contribution >= 4 is 27.3 Å². The Hall–Kier alpha value is -1.73. The minimum Gasteiger partial charge on any atom is -0.505 e. The van der Waals surface area contributed by atoms with Gasteiger partial charge in [-0.1, -0.05) is 11.6 Å². The molecule has 0 spiro atoms. The summed E-state index contributed by atoms with van der Waals surface area (Å²) in [5.74, 6) is -0.161. The molecule has 18 heavy (non-hydrogen) atoms. The summed E-state index contributed by atoms with van der Waals surface area (Å²) in [6.07, 6.45) is 2.40. The molecule has 0 radical (unpaired) electrons. The number of anilines is 1. The minimum absolute atomic E-state index is 0.0282. The fourth-order valence-electron chi connectivity index (χ4n) is 1.40. The molecule has 1 aromatic carbocycles. The van der Waals surface area contributed by atoms with Crippen molar-refractivity contribution in [3.63, 3.8) is 0 Å². The molecular weight excluding hydrogens is 278 g/mol. The van der Waals surface area contributed by atoms with Crippen LogP contribution < -0.4 is 4.72 Å². The molecule has 3 N–H and O–H groups in total. The van der Waals surface area contributed by atoms with E-state index in [1.165, 1.54) is 18.3 Å². The first-order chi connectivity index (χ1) is 8.40. The van der Waals surface area contributed by atoms with E-state index in [1.807, 2.05) is 0 Å². The first-order valence-corrected chi connectivity index (χ1v) is 6.77. The van der Waals surface area contributed by atoms with Crippen molar-refractivity contribution in [1.29, 1.82) is 0 Å². The second-order valence-corrected chi connectivity index (χ2v) is 5.78. The van der Waals surface area contributed by atoms with Crippen LogP contribution in [0, 0.1) is 6.92 Å². The van der Waals surface area contributed by atoms with Crippen LogP contribution in [0.25, 0.3) is 0 Å². The van der Waals surface area contributed by atoms with Gasteiger partial charge in [-0.3, -0.25) is 9.82 Å². The van der Waals surface area contributed by atoms with Crippen LogP contribution in [0.1, 0.15) is 5.56 Å². The predicted molar refractivity (Wildman–Crippen MR) is 67.3 cm³/mol. The Morgan fingerprint density at radius 1 is 1.44 bits per heavy atom. The van der Waals surface area contributed by atoms with Crippen molar-refractivity contribution in [3.05, 3.63) is 35.1 Å². The lowest BCUT2D eigenvalue weighted by molar-refractivity contribution is 0.473. The third-order valence-corrected chi connectivity index (χ3v) is 3.84. The van der Waals surface area contributed by atoms with Crippen molar-refractivity contribution in [2.75, 3.05) is 4.72 Å². The number of halogens is 1. The number of aromatic hydroxyl groups is 1. The van der Waals surface area contributed by atoms with Gasteiger partial charge in [0.15, 0.2) is 0 Å². The highest BCUT2D eigenvalue weighted by atomic mass is 35.5. The second kappa shape index (κ2) is 4.51. The van der Waals surface area contributed by atoms with Gasteiger partial charge < -0.3 is 5.11 Å². The maximum atomic E-state index is 11.9. The molecule has 0 bridgehead atoms. The lowest BCUT2D eigenvalue weighted by atomic mass is 10.2. The van der Waals surface area contributed by atoms with Crippen molar-refractivity contribution in [2.45, 2.75) is 11.8 Å². The molecule has 0 unspecified atom stereocenters. The summed E-state index contributed by atoms with van der Waals surface area (Å²) in [5.41, 5.74) is 0.508. The van der Waals surface area contributed by atoms with Crippen LogP contribution in [0.15, 0.2) is 29.4 Å². The number of H-pyrrole nitrogens is 1. The van der Waals surface area contributed by atoms with E-state index in [0.717, 1.165) is 6.20 Å². The molecule has 0 aliphatic carbocycles. The Labute approximate surface area is 109 Å². The fourth-order valence-corrected chi connectivity index (χ4v) is 2.64. The third kappa shape index (κ3) is 2.41. The van der Waals surface area contributed by atoms with E-state index in [9.17, 15) is 13.5 Å². The number of benzene rings is 1. The Bertz CT molecular complexity index is 668. The third-order valence-electron chi connectivity index (χ3n) is 2.29. The van der Waals surface area contributed by atoms with E-state index >= 15 is 0 Å². The highest BCUT2D eigenvalue weighted by molar-refractivity contribution is 7.92. The quantitative estimate of drug-likeness (QED) is 0.751. The fraction of sp³-hybridized carbons (Fsp3) is 0.100. The van der Waals surface area contributed by atoms with Crippen LogP contribution in [0.2, 0.25) is 5.02 Å². The molecule has 2 aromatic rings. The first-order valence-electron chi connectivity index (χ1n) is 4.91. The summed E-state index contributed by atoms with van der Waals surface area (Å²) in [6, 6.07) is 2.87. The second-order valence-electron chi connectivity index (χ2n) is 3.66. The van der Waals surface area contributed by atoms with E-state index in [1.54, 1.807) is 6.92 Å². The van der Waals surface area contributed by atoms with Crippen molar-refractivity contribution < 1.29 is 13.5 Å². The largest absolute Gasteiger partial charge is 0.505 e. The van der Waals surface area contributed by atoms with Crippen LogP contribution in [0.3, 0.4) is 0 Å². The summed E-state index contributed by atoms with van der Waals surface area (Å²) < 4.78 is 26.1. The molecule has 0 atom stereocenters. The number of aryl methyl sites for hydroxylation is 1. The highest BCUT2D eigenvalue weighted by Gasteiger charge is 2.18. The number of nitrogens with one attached hydrogen (secondary N) is 2. The average molecular weight is 288 g/mol. The van der Waals surface area contributed by atoms with Gasteiger partial charge in [0, 0.05) is 11.2 Å². The number of aromatic amines is 1. The van der Waals surface area contributed by atoms with E-state index in [4.69, 9.17) is 11.6 Å². The Morgan fingerprint density at radius 3 is 2.78 bits per heavy atom. The minimum atomic E-state index is -3.79. The lowest BCUT2D eigenvalue weighted by Gasteiger charge is -2.10. The summed E-state index contributed by atoms with van der Waals surface area (Å²) >= 11 is 5.81. The summed E-state index contributed by atoms with van der Waals surface area (Å²) in [7, 11) is -3.79. The zero-order valence-electron chi connectivity index (χ0n) is 9.31. The van der Waals surface area contributed by atoms with Gasteiger partial charge in [0.25, 0.3) is 10.0 Å². The van der Waals surface area contributed by atoms with E-state index in [2.05, 4.69) is 14.9 Å². The smallest absolute Gasteiger partial charge is 0.265 e. The normalized spacial score (nSPS) is 11.4. The Balaban J connectivity index is 2.41. The monoisotopic (exact) mass is 287 g/mol. The lowest BCUT2D eigenvalue weighted by Crippen LogP contribution is -2.12. The van der Waals surface area contributed by atoms with Gasteiger partial charge >= 0.3 is 0 Å². The van der Waals surface area contributed by atoms with Gasteiger partial charge in [0.2, 0.25) is 0 Å². The molecule has 0 amide bonds. The van der Waals surface area contributed by atoms with Crippen molar-refractivity contribution in [3.8, 4) is 5.75 Å². The van der Waals surface area contributed by atoms with E-state index < -0.39 is 10.0 Å². The van der Waals surface area contributed by atoms with Crippen molar-refractivity contribution in [2.24, 2.45) is 0 Å². The summed E-state index contributed by atoms with van der Waals surface area (Å²) in [6.45, 7) is 1.62. The number of sulfonamides is 1. The average Bonchev–Trinajstić information content (AvgIpc) is 2.78. The van der Waals surface area contributed by atoms with Crippen molar-refractivity contribution in [1.82, 2.24) is 10.2 Å². The zero-order chi connectivity index (χ0) is 13.3. The van der Waals surface area contributed by atoms with E-state index in [-0.39, 0.29) is 16.3 Å². The molecule has 1 heterocycles. The molecule has 0 saturated carbocycles. The standard InChI is InChI=1S/C10H10ClN3O3S/c1-6-2-7(11)3-9(10(6)15)14-18(16,17)8-4-12-13-5-8/h2-5,14-15H,1H3,(H,12,13). The van der Waals surface area contributed by atoms with E-state index in [0.29, 0.717) is 10.6 Å². The first kappa shape index (κ1) is 12.7. The molecule has 96 valence electrons. The molecule has 0 saturated heterocycles. The SMILES string of the molecule is Cc1cc(Cl)cc(NS(=O)(=O)c2cn[nH]c2)c1O. The Morgan fingerprint density at radius 2 is 2.17 bits per heavy atom. The number of phenols is 1. The molecule has 0 fully saturated rings.